The van der Waals surface area contributed by atoms with E-state index in [1.54, 1.807) is 13.0 Å². The number of hydrogen-bond acceptors (Lipinski definition) is 6. The van der Waals surface area contributed by atoms with Gasteiger partial charge in [-0.3, -0.25) is 9.59 Å². The van der Waals surface area contributed by atoms with Crippen LogP contribution in [-0.2, 0) is 33.6 Å². The second kappa shape index (κ2) is 10.1. The zero-order valence-corrected chi connectivity index (χ0v) is 18.2. The summed E-state index contributed by atoms with van der Waals surface area (Å²) >= 11 is 0. The number of halogens is 3. The van der Waals surface area contributed by atoms with Gasteiger partial charge in [-0.25, -0.2) is 0 Å². The van der Waals surface area contributed by atoms with E-state index >= 15 is 0 Å². The van der Waals surface area contributed by atoms with Crippen molar-refractivity contribution in [2.24, 2.45) is 0 Å². The van der Waals surface area contributed by atoms with E-state index in [0.717, 1.165) is 16.7 Å². The molecule has 33 heavy (non-hydrogen) atoms. The molecule has 1 aliphatic heterocycles. The van der Waals surface area contributed by atoms with Crippen LogP contribution in [-0.4, -0.2) is 43.9 Å². The molecule has 176 valence electrons. The van der Waals surface area contributed by atoms with Gasteiger partial charge in [0.2, 0.25) is 5.91 Å². The third-order valence-corrected chi connectivity index (χ3v) is 5.25. The third-order valence-electron chi connectivity index (χ3n) is 5.25. The van der Waals surface area contributed by atoms with Crippen LogP contribution in [0, 0.1) is 18.3 Å². The Balaban J connectivity index is 1.92. The number of pyridine rings is 1. The lowest BCUT2D eigenvalue weighted by atomic mass is 10.1. The fraction of sp³-hybridized carbons (Fsp3) is 0.409. The molecule has 1 fully saturated rings. The molecule has 3 rings (SSSR count). The predicted molar refractivity (Wildman–Crippen MR) is 114 cm³/mol. The van der Waals surface area contributed by atoms with E-state index in [4.69, 9.17) is 9.47 Å². The molecule has 11 heteroatoms. The number of hydrogen-bond donors (Lipinski definition) is 1. The second-order valence-electron chi connectivity index (χ2n) is 7.50. The number of amides is 1. The molecule has 2 aromatic rings. The molecule has 0 saturated carbocycles. The number of carbonyl (C=O) groups is 1. The molecule has 1 aromatic carbocycles. The molecule has 0 atom stereocenters. The molecule has 0 radical (unpaired) electrons. The Morgan fingerprint density at radius 2 is 1.97 bits per heavy atom. The van der Waals surface area contributed by atoms with E-state index in [9.17, 15) is 28.0 Å². The number of morpholine rings is 1. The quantitative estimate of drug-likeness (QED) is 0.706. The summed E-state index contributed by atoms with van der Waals surface area (Å²) in [6.45, 7) is 2.92. The fourth-order valence-corrected chi connectivity index (χ4v) is 3.65. The van der Waals surface area contributed by atoms with Crippen molar-refractivity contribution in [3.8, 4) is 6.07 Å². The largest absolute Gasteiger partial charge is 0.416 e. The monoisotopic (exact) mass is 464 g/mol. The smallest absolute Gasteiger partial charge is 0.380 e. The summed E-state index contributed by atoms with van der Waals surface area (Å²) in [6.07, 6.45) is -4.59. The van der Waals surface area contributed by atoms with Crippen LogP contribution in [0.2, 0.25) is 0 Å². The molecule has 1 amide bonds. The van der Waals surface area contributed by atoms with Crippen LogP contribution in [0.1, 0.15) is 22.4 Å². The first kappa shape index (κ1) is 24.3. The Hall–Kier alpha value is -3.36. The number of nitrogens with one attached hydrogen (secondary N) is 1. The minimum Gasteiger partial charge on any atom is -0.380 e. The molecule has 2 heterocycles. The number of anilines is 2. The van der Waals surface area contributed by atoms with Crippen molar-refractivity contribution in [3.05, 3.63) is 57.0 Å². The number of benzene rings is 1. The summed E-state index contributed by atoms with van der Waals surface area (Å²) in [5.41, 5.74) is -0.500. The van der Waals surface area contributed by atoms with Gasteiger partial charge in [0, 0.05) is 31.5 Å². The predicted octanol–water partition coefficient (Wildman–Crippen LogP) is 2.67. The second-order valence-corrected chi connectivity index (χ2v) is 7.50. The summed E-state index contributed by atoms with van der Waals surface area (Å²) in [7, 11) is 1.43. The van der Waals surface area contributed by atoms with Crippen molar-refractivity contribution in [2.75, 3.05) is 43.6 Å². The summed E-state index contributed by atoms with van der Waals surface area (Å²) in [5.74, 6) is -0.697. The van der Waals surface area contributed by atoms with Gasteiger partial charge < -0.3 is 24.3 Å². The van der Waals surface area contributed by atoms with Gasteiger partial charge in [-0.2, -0.15) is 18.4 Å². The van der Waals surface area contributed by atoms with Gasteiger partial charge in [0.05, 0.1) is 36.8 Å². The van der Waals surface area contributed by atoms with Crippen molar-refractivity contribution >= 4 is 17.3 Å². The first-order chi connectivity index (χ1) is 15.7. The molecular weight excluding hydrogens is 441 g/mol. The van der Waals surface area contributed by atoms with Crippen LogP contribution < -0.4 is 15.8 Å². The van der Waals surface area contributed by atoms with Gasteiger partial charge in [-0.1, -0.05) is 0 Å². The van der Waals surface area contributed by atoms with Gasteiger partial charge in [0.15, 0.2) is 0 Å². The maximum absolute atomic E-state index is 13.3. The van der Waals surface area contributed by atoms with E-state index in [1.807, 2.05) is 11.0 Å². The van der Waals surface area contributed by atoms with Crippen LogP contribution in [0.3, 0.4) is 0 Å². The van der Waals surface area contributed by atoms with E-state index < -0.39 is 29.8 Å². The topological polar surface area (TPSA) is 96.6 Å². The van der Waals surface area contributed by atoms with E-state index in [2.05, 4.69) is 5.32 Å². The number of ether oxygens (including phenoxy) is 2. The van der Waals surface area contributed by atoms with E-state index in [0.29, 0.717) is 43.2 Å². The molecule has 1 N–H and O–H groups in total. The summed E-state index contributed by atoms with van der Waals surface area (Å²) < 4.78 is 51.3. The maximum Gasteiger partial charge on any atom is 0.416 e. The van der Waals surface area contributed by atoms with Crippen LogP contribution >= 0.6 is 0 Å². The normalized spacial score (nSPS) is 14.1. The molecule has 8 nitrogen and oxygen atoms in total. The van der Waals surface area contributed by atoms with Crippen molar-refractivity contribution in [3.63, 3.8) is 0 Å². The standard InChI is InChI=1S/C22H23F3N4O4/c1-14-9-15(13-32-2)17(11-26)21(31)29(14)12-20(30)27-18-10-16(22(23,24)25)3-4-19(18)28-5-7-33-8-6-28/h3-4,9-10H,5-8,12-13H2,1-2H3,(H,27,30). The number of carbonyl (C=O) groups excluding carboxylic acids is 1. The zero-order valence-electron chi connectivity index (χ0n) is 18.2. The van der Waals surface area contributed by atoms with Crippen molar-refractivity contribution < 1.29 is 27.4 Å². The molecule has 1 aromatic heterocycles. The molecule has 0 aliphatic carbocycles. The number of nitrogens with zero attached hydrogens (tertiary/aromatic N) is 3. The molecule has 0 unspecified atom stereocenters. The number of alkyl halides is 3. The number of nitriles is 1. The molecule has 1 aliphatic rings. The molecule has 0 bridgehead atoms. The third kappa shape index (κ3) is 5.53. The lowest BCUT2D eigenvalue weighted by molar-refractivity contribution is -0.137. The van der Waals surface area contributed by atoms with Crippen LogP contribution in [0.5, 0.6) is 0 Å². The zero-order chi connectivity index (χ0) is 24.2. The lowest BCUT2D eigenvalue weighted by Crippen LogP contribution is -2.37. The SMILES string of the molecule is COCc1cc(C)n(CC(=O)Nc2cc(C(F)(F)F)ccc2N2CCOCC2)c(=O)c1C#N. The van der Waals surface area contributed by atoms with E-state index in [1.165, 1.54) is 13.2 Å². The van der Waals surface area contributed by atoms with Crippen LogP contribution in [0.25, 0.3) is 0 Å². The highest BCUT2D eigenvalue weighted by atomic mass is 19.4. The van der Waals surface area contributed by atoms with Crippen LogP contribution in [0.4, 0.5) is 24.5 Å². The van der Waals surface area contributed by atoms with Crippen LogP contribution in [0.15, 0.2) is 29.1 Å². The van der Waals surface area contributed by atoms with Crippen molar-refractivity contribution in [2.45, 2.75) is 26.3 Å². The van der Waals surface area contributed by atoms with E-state index in [-0.39, 0.29) is 17.9 Å². The van der Waals surface area contributed by atoms with Gasteiger partial charge in [0.1, 0.15) is 18.2 Å². The number of rotatable bonds is 6. The Morgan fingerprint density at radius 1 is 1.27 bits per heavy atom. The fourth-order valence-electron chi connectivity index (χ4n) is 3.65. The highest BCUT2D eigenvalue weighted by Gasteiger charge is 2.32. The molecular formula is C22H23F3N4O4. The number of aromatic nitrogens is 1. The maximum atomic E-state index is 13.3. The Labute approximate surface area is 188 Å². The minimum absolute atomic E-state index is 0.0149. The first-order valence-corrected chi connectivity index (χ1v) is 10.1. The van der Waals surface area contributed by atoms with Gasteiger partial charge in [-0.15, -0.1) is 0 Å². The lowest BCUT2D eigenvalue weighted by Gasteiger charge is -2.31. The minimum atomic E-state index is -4.59. The van der Waals surface area contributed by atoms with Crippen molar-refractivity contribution in [1.82, 2.24) is 4.57 Å². The molecule has 1 saturated heterocycles. The Morgan fingerprint density at radius 3 is 2.58 bits per heavy atom. The first-order valence-electron chi connectivity index (χ1n) is 10.1. The number of aryl methyl sites for hydroxylation is 1. The highest BCUT2D eigenvalue weighted by Crippen LogP contribution is 2.35. The highest BCUT2D eigenvalue weighted by molar-refractivity contribution is 5.94. The summed E-state index contributed by atoms with van der Waals surface area (Å²) in [6, 6.07) is 6.55. The average molecular weight is 464 g/mol. The number of methoxy groups -OCH3 is 1. The van der Waals surface area contributed by atoms with Gasteiger partial charge >= 0.3 is 6.18 Å². The van der Waals surface area contributed by atoms with Crippen molar-refractivity contribution in [1.29, 1.82) is 5.26 Å². The van der Waals surface area contributed by atoms with Gasteiger partial charge in [-0.05, 0) is 31.2 Å². The van der Waals surface area contributed by atoms with Gasteiger partial charge in [0.25, 0.3) is 5.56 Å². The Bertz CT molecular complexity index is 1130. The summed E-state index contributed by atoms with van der Waals surface area (Å²) in [5, 5.41) is 11.9. The average Bonchev–Trinajstić information content (AvgIpc) is 2.77. The molecule has 0 spiro atoms. The summed E-state index contributed by atoms with van der Waals surface area (Å²) in [4.78, 5) is 27.4. The Kier molecular flexibility index (Phi) is 7.40.